The van der Waals surface area contributed by atoms with E-state index in [1.54, 1.807) is 11.8 Å². The highest BCUT2D eigenvalue weighted by Gasteiger charge is 2.19. The van der Waals surface area contributed by atoms with Crippen molar-refractivity contribution in [2.45, 2.75) is 55.1 Å². The number of aromatic nitrogens is 3. The Kier molecular flexibility index (Phi) is 6.30. The number of carbonyl (C=O) groups excluding carboxylic acids is 1. The van der Waals surface area contributed by atoms with Gasteiger partial charge in [0.05, 0.1) is 17.9 Å². The standard InChI is InChI=1S/C26H27N5OS/c1-18-11-13-19(14-12-18)25-22(17-27-26(32)28-20-7-5-6-8-20)31-23(29-25)15-16-24(30-31)33-21-9-3-2-4-10-21/h2-4,9-16,20H,5-8,17H2,1H3,(H2,27,28,32). The van der Waals surface area contributed by atoms with E-state index in [1.807, 2.05) is 34.8 Å². The molecule has 0 spiro atoms. The van der Waals surface area contributed by atoms with Crippen LogP contribution in [-0.4, -0.2) is 26.7 Å². The molecular weight excluding hydrogens is 430 g/mol. The Bertz CT molecular complexity index is 1250. The number of urea groups is 1. The van der Waals surface area contributed by atoms with Gasteiger partial charge >= 0.3 is 6.03 Å². The lowest BCUT2D eigenvalue weighted by Crippen LogP contribution is -2.40. The summed E-state index contributed by atoms with van der Waals surface area (Å²) in [4.78, 5) is 18.5. The smallest absolute Gasteiger partial charge is 0.315 e. The van der Waals surface area contributed by atoms with Crippen molar-refractivity contribution in [2.75, 3.05) is 0 Å². The minimum Gasteiger partial charge on any atom is -0.335 e. The van der Waals surface area contributed by atoms with Crippen molar-refractivity contribution in [3.05, 3.63) is 78.0 Å². The van der Waals surface area contributed by atoms with E-state index in [0.29, 0.717) is 6.54 Å². The number of amides is 2. The number of nitrogens with one attached hydrogen (secondary N) is 2. The average molecular weight is 458 g/mol. The molecule has 0 unspecified atom stereocenters. The lowest BCUT2D eigenvalue weighted by Gasteiger charge is -2.13. The highest BCUT2D eigenvalue weighted by atomic mass is 32.2. The van der Waals surface area contributed by atoms with Gasteiger partial charge in [0.1, 0.15) is 5.03 Å². The van der Waals surface area contributed by atoms with Crippen LogP contribution in [0.15, 0.2) is 76.7 Å². The predicted molar refractivity (Wildman–Crippen MR) is 131 cm³/mol. The molecule has 2 heterocycles. The average Bonchev–Trinajstić information content (AvgIpc) is 3.46. The highest BCUT2D eigenvalue weighted by molar-refractivity contribution is 7.99. The zero-order chi connectivity index (χ0) is 22.6. The first-order valence-electron chi connectivity index (χ1n) is 11.4. The van der Waals surface area contributed by atoms with Crippen LogP contribution < -0.4 is 10.6 Å². The molecule has 1 saturated carbocycles. The van der Waals surface area contributed by atoms with E-state index in [1.165, 1.54) is 18.4 Å². The third kappa shape index (κ3) is 5.03. The van der Waals surface area contributed by atoms with Gasteiger partial charge in [-0.3, -0.25) is 0 Å². The molecule has 0 saturated heterocycles. The first-order valence-corrected chi connectivity index (χ1v) is 12.2. The van der Waals surface area contributed by atoms with Crippen molar-refractivity contribution >= 4 is 23.4 Å². The molecule has 0 bridgehead atoms. The van der Waals surface area contributed by atoms with E-state index < -0.39 is 0 Å². The van der Waals surface area contributed by atoms with Gasteiger partial charge in [-0.1, -0.05) is 72.6 Å². The second kappa shape index (κ2) is 9.67. The summed E-state index contributed by atoms with van der Waals surface area (Å²) in [6.45, 7) is 2.41. The second-order valence-electron chi connectivity index (χ2n) is 8.44. The summed E-state index contributed by atoms with van der Waals surface area (Å²) in [6, 6.07) is 22.6. The molecule has 6 nitrogen and oxygen atoms in total. The second-order valence-corrected chi connectivity index (χ2v) is 9.53. The van der Waals surface area contributed by atoms with Gasteiger partial charge in [0.2, 0.25) is 0 Å². The van der Waals surface area contributed by atoms with Crippen molar-refractivity contribution in [3.8, 4) is 11.3 Å². The lowest BCUT2D eigenvalue weighted by atomic mass is 10.1. The normalized spacial score (nSPS) is 14.0. The summed E-state index contributed by atoms with van der Waals surface area (Å²) >= 11 is 1.60. The molecule has 5 rings (SSSR count). The number of fused-ring (bicyclic) bond motifs is 1. The van der Waals surface area contributed by atoms with Gasteiger partial charge < -0.3 is 10.6 Å². The Balaban J connectivity index is 1.46. The van der Waals surface area contributed by atoms with Crippen LogP contribution in [0.2, 0.25) is 0 Å². The highest BCUT2D eigenvalue weighted by Crippen LogP contribution is 2.29. The third-order valence-electron chi connectivity index (χ3n) is 5.94. The fourth-order valence-corrected chi connectivity index (χ4v) is 4.99. The Hall–Kier alpha value is -3.32. The molecular formula is C26H27N5OS. The molecule has 1 aliphatic carbocycles. The number of imidazole rings is 1. The van der Waals surface area contributed by atoms with Crippen LogP contribution in [0.3, 0.4) is 0 Å². The predicted octanol–water partition coefficient (Wildman–Crippen LogP) is 5.60. The van der Waals surface area contributed by atoms with Crippen LogP contribution in [0, 0.1) is 6.92 Å². The zero-order valence-electron chi connectivity index (χ0n) is 18.6. The first-order chi connectivity index (χ1) is 16.2. The molecule has 4 aromatic rings. The fourth-order valence-electron chi connectivity index (χ4n) is 4.20. The molecule has 2 N–H and O–H groups in total. The van der Waals surface area contributed by atoms with Gasteiger partial charge in [-0.05, 0) is 44.0 Å². The minimum absolute atomic E-state index is 0.137. The monoisotopic (exact) mass is 457 g/mol. The first kappa shape index (κ1) is 21.5. The molecule has 0 radical (unpaired) electrons. The summed E-state index contributed by atoms with van der Waals surface area (Å²) < 4.78 is 1.86. The Morgan fingerprint density at radius 1 is 1.03 bits per heavy atom. The number of hydrogen-bond acceptors (Lipinski definition) is 4. The number of rotatable bonds is 6. The van der Waals surface area contributed by atoms with Crippen LogP contribution in [0.5, 0.6) is 0 Å². The molecule has 1 fully saturated rings. The molecule has 7 heteroatoms. The maximum Gasteiger partial charge on any atom is 0.315 e. The molecule has 0 atom stereocenters. The zero-order valence-corrected chi connectivity index (χ0v) is 19.4. The molecule has 2 aromatic carbocycles. The maximum absolute atomic E-state index is 12.6. The fraction of sp³-hybridized carbons (Fsp3) is 0.269. The molecule has 2 amide bonds. The van der Waals surface area contributed by atoms with Gasteiger partial charge in [-0.25, -0.2) is 14.3 Å². The summed E-state index contributed by atoms with van der Waals surface area (Å²) in [5.74, 6) is 0. The van der Waals surface area contributed by atoms with E-state index in [2.05, 4.69) is 54.0 Å². The molecule has 33 heavy (non-hydrogen) atoms. The lowest BCUT2D eigenvalue weighted by molar-refractivity contribution is 0.236. The van der Waals surface area contributed by atoms with E-state index in [4.69, 9.17) is 10.1 Å². The topological polar surface area (TPSA) is 71.3 Å². The van der Waals surface area contributed by atoms with E-state index >= 15 is 0 Å². The van der Waals surface area contributed by atoms with Crippen molar-refractivity contribution in [2.24, 2.45) is 0 Å². The van der Waals surface area contributed by atoms with Crippen molar-refractivity contribution in [3.63, 3.8) is 0 Å². The van der Waals surface area contributed by atoms with Crippen molar-refractivity contribution < 1.29 is 4.79 Å². The van der Waals surface area contributed by atoms with E-state index in [9.17, 15) is 4.79 Å². The summed E-state index contributed by atoms with van der Waals surface area (Å²) in [7, 11) is 0. The third-order valence-corrected chi connectivity index (χ3v) is 6.88. The van der Waals surface area contributed by atoms with Gasteiger partial charge in [-0.2, -0.15) is 5.10 Å². The summed E-state index contributed by atoms with van der Waals surface area (Å²) in [6.07, 6.45) is 4.47. The van der Waals surface area contributed by atoms with Crippen molar-refractivity contribution in [1.29, 1.82) is 0 Å². The van der Waals surface area contributed by atoms with Gasteiger partial charge in [0.25, 0.3) is 0 Å². The van der Waals surface area contributed by atoms with Crippen LogP contribution in [0.25, 0.3) is 16.9 Å². The SMILES string of the molecule is Cc1ccc(-c2nc3ccc(Sc4ccccc4)nn3c2CNC(=O)NC2CCCC2)cc1. The Labute approximate surface area is 197 Å². The number of nitrogens with zero attached hydrogens (tertiary/aromatic N) is 3. The van der Waals surface area contributed by atoms with E-state index in [0.717, 1.165) is 45.4 Å². The van der Waals surface area contributed by atoms with Crippen LogP contribution in [0.4, 0.5) is 4.79 Å². The van der Waals surface area contributed by atoms with Gasteiger partial charge in [0, 0.05) is 16.5 Å². The molecule has 168 valence electrons. The minimum atomic E-state index is -0.137. The van der Waals surface area contributed by atoms with Gasteiger partial charge in [-0.15, -0.1) is 0 Å². The summed E-state index contributed by atoms with van der Waals surface area (Å²) in [5.41, 5.74) is 4.67. The Morgan fingerprint density at radius 2 is 1.79 bits per heavy atom. The van der Waals surface area contributed by atoms with Crippen molar-refractivity contribution in [1.82, 2.24) is 25.2 Å². The maximum atomic E-state index is 12.6. The number of hydrogen-bond donors (Lipinski definition) is 2. The largest absolute Gasteiger partial charge is 0.335 e. The molecule has 0 aliphatic heterocycles. The number of carbonyl (C=O) groups is 1. The quantitative estimate of drug-likeness (QED) is 0.395. The molecule has 1 aliphatic rings. The van der Waals surface area contributed by atoms with Gasteiger partial charge in [0.15, 0.2) is 5.65 Å². The number of aryl methyl sites for hydroxylation is 1. The molecule has 2 aromatic heterocycles. The number of benzene rings is 2. The van der Waals surface area contributed by atoms with Crippen LogP contribution >= 0.6 is 11.8 Å². The summed E-state index contributed by atoms with van der Waals surface area (Å²) in [5, 5.41) is 11.9. The van der Waals surface area contributed by atoms with Crippen LogP contribution in [-0.2, 0) is 6.54 Å². The van der Waals surface area contributed by atoms with Crippen LogP contribution in [0.1, 0.15) is 36.9 Å². The van der Waals surface area contributed by atoms with E-state index in [-0.39, 0.29) is 12.1 Å². The Morgan fingerprint density at radius 3 is 2.55 bits per heavy atom.